The number of benzene rings is 1. The minimum absolute atomic E-state index is 0. The van der Waals surface area contributed by atoms with E-state index in [1.807, 2.05) is 25.2 Å². The summed E-state index contributed by atoms with van der Waals surface area (Å²) in [6.45, 7) is 0.709. The average molecular weight is 473 g/mol. The zero-order valence-corrected chi connectivity index (χ0v) is 18.4. The van der Waals surface area contributed by atoms with E-state index in [-0.39, 0.29) is 24.0 Å². The molecule has 1 aromatic rings. The predicted octanol–water partition coefficient (Wildman–Crippen LogP) is 3.96. The number of ether oxygens (including phenoxy) is 2. The molecular weight excluding hydrogens is 441 g/mol. The molecule has 0 bridgehead atoms. The van der Waals surface area contributed by atoms with Crippen LogP contribution in [0.3, 0.4) is 0 Å². The second-order valence-electron chi connectivity index (χ2n) is 7.16. The molecule has 0 heterocycles. The molecular formula is C20H32IN3O2. The summed E-state index contributed by atoms with van der Waals surface area (Å²) in [4.78, 5) is 4.38. The van der Waals surface area contributed by atoms with Gasteiger partial charge in [-0.1, -0.05) is 38.2 Å². The first kappa shape index (κ1) is 21.1. The van der Waals surface area contributed by atoms with Gasteiger partial charge in [-0.25, -0.2) is 0 Å². The third-order valence-corrected chi connectivity index (χ3v) is 5.55. The van der Waals surface area contributed by atoms with Gasteiger partial charge in [0.1, 0.15) is 0 Å². The fourth-order valence-electron chi connectivity index (χ4n) is 4.01. The number of halogens is 1. The van der Waals surface area contributed by atoms with E-state index in [4.69, 9.17) is 9.47 Å². The molecule has 2 aliphatic carbocycles. The van der Waals surface area contributed by atoms with E-state index in [9.17, 15) is 0 Å². The molecule has 2 atom stereocenters. The van der Waals surface area contributed by atoms with Crippen LogP contribution in [0.25, 0.3) is 0 Å². The van der Waals surface area contributed by atoms with E-state index in [2.05, 4.69) is 15.6 Å². The number of hydrogen-bond acceptors (Lipinski definition) is 3. The van der Waals surface area contributed by atoms with Crippen molar-refractivity contribution >= 4 is 29.9 Å². The highest BCUT2D eigenvalue weighted by molar-refractivity contribution is 14.0. The first-order valence-electron chi connectivity index (χ1n) is 9.43. The fourth-order valence-corrected chi connectivity index (χ4v) is 4.01. The summed E-state index contributed by atoms with van der Waals surface area (Å²) in [5.41, 5.74) is 1.14. The summed E-state index contributed by atoms with van der Waals surface area (Å²) in [5, 5.41) is 7.00. The Balaban J connectivity index is 0.00000243. The van der Waals surface area contributed by atoms with Crippen molar-refractivity contribution in [1.82, 2.24) is 10.6 Å². The van der Waals surface area contributed by atoms with E-state index in [0.29, 0.717) is 12.6 Å². The zero-order valence-electron chi connectivity index (χ0n) is 16.1. The number of hydrogen-bond donors (Lipinski definition) is 2. The Morgan fingerprint density at radius 1 is 1.12 bits per heavy atom. The van der Waals surface area contributed by atoms with Crippen LogP contribution in [0.1, 0.15) is 44.1 Å². The van der Waals surface area contributed by atoms with E-state index < -0.39 is 0 Å². The number of guanidine groups is 1. The van der Waals surface area contributed by atoms with Crippen LogP contribution in [0.4, 0.5) is 0 Å². The SMILES string of the molecule is CN=C(NCc1ccc(OC)c(OC)c1)NC1CC1C1CCCCC1.I. The van der Waals surface area contributed by atoms with E-state index in [1.165, 1.54) is 38.5 Å². The van der Waals surface area contributed by atoms with Crippen molar-refractivity contribution in [2.24, 2.45) is 16.8 Å². The van der Waals surface area contributed by atoms with Gasteiger partial charge in [-0.15, -0.1) is 24.0 Å². The molecule has 0 aromatic heterocycles. The Hall–Kier alpha value is -1.18. The standard InChI is InChI=1S/C20H31N3O2.HI/c1-21-20(23-17-12-16(17)15-7-5-4-6-8-15)22-13-14-9-10-18(24-2)19(11-14)25-3;/h9-11,15-17H,4-8,12-13H2,1-3H3,(H2,21,22,23);1H. The maximum absolute atomic E-state index is 5.37. The Morgan fingerprint density at radius 2 is 1.85 bits per heavy atom. The van der Waals surface area contributed by atoms with Crippen molar-refractivity contribution in [3.8, 4) is 11.5 Å². The third-order valence-electron chi connectivity index (χ3n) is 5.55. The van der Waals surface area contributed by atoms with Crippen molar-refractivity contribution in [1.29, 1.82) is 0 Å². The van der Waals surface area contributed by atoms with Gasteiger partial charge in [0.15, 0.2) is 17.5 Å². The molecule has 0 saturated heterocycles. The molecule has 1 aromatic carbocycles. The van der Waals surface area contributed by atoms with Crippen molar-refractivity contribution in [3.63, 3.8) is 0 Å². The number of rotatable bonds is 6. The first-order valence-corrected chi connectivity index (χ1v) is 9.43. The van der Waals surface area contributed by atoms with Crippen LogP contribution in [-0.4, -0.2) is 33.3 Å². The Kier molecular flexibility index (Phi) is 8.31. The van der Waals surface area contributed by atoms with Crippen molar-refractivity contribution in [2.75, 3.05) is 21.3 Å². The lowest BCUT2D eigenvalue weighted by atomic mass is 9.85. The van der Waals surface area contributed by atoms with E-state index in [1.54, 1.807) is 14.2 Å². The second-order valence-corrected chi connectivity index (χ2v) is 7.16. The highest BCUT2D eigenvalue weighted by Crippen LogP contribution is 2.44. The van der Waals surface area contributed by atoms with Gasteiger partial charge in [0, 0.05) is 19.6 Å². The molecule has 146 valence electrons. The van der Waals surface area contributed by atoms with Crippen LogP contribution in [-0.2, 0) is 6.54 Å². The van der Waals surface area contributed by atoms with Crippen LogP contribution >= 0.6 is 24.0 Å². The summed E-state index contributed by atoms with van der Waals surface area (Å²) in [6.07, 6.45) is 8.39. The van der Waals surface area contributed by atoms with Crippen molar-refractivity contribution < 1.29 is 9.47 Å². The maximum atomic E-state index is 5.37. The van der Waals surface area contributed by atoms with Gasteiger partial charge in [-0.2, -0.15) is 0 Å². The second kappa shape index (κ2) is 10.2. The van der Waals surface area contributed by atoms with E-state index >= 15 is 0 Å². The monoisotopic (exact) mass is 473 g/mol. The normalized spacial score (nSPS) is 23.0. The molecule has 6 heteroatoms. The largest absolute Gasteiger partial charge is 0.493 e. The predicted molar refractivity (Wildman–Crippen MR) is 117 cm³/mol. The van der Waals surface area contributed by atoms with Crippen LogP contribution < -0.4 is 20.1 Å². The minimum Gasteiger partial charge on any atom is -0.493 e. The van der Waals surface area contributed by atoms with Gasteiger partial charge >= 0.3 is 0 Å². The lowest BCUT2D eigenvalue weighted by Gasteiger charge is -2.22. The zero-order chi connectivity index (χ0) is 17.6. The average Bonchev–Trinajstić information content (AvgIpc) is 3.44. The molecule has 0 radical (unpaired) electrons. The van der Waals surface area contributed by atoms with Gasteiger partial charge < -0.3 is 20.1 Å². The highest BCUT2D eigenvalue weighted by Gasteiger charge is 2.43. The smallest absolute Gasteiger partial charge is 0.191 e. The van der Waals surface area contributed by atoms with E-state index in [0.717, 1.165) is 34.9 Å². The maximum Gasteiger partial charge on any atom is 0.191 e. The molecule has 2 aliphatic rings. The molecule has 26 heavy (non-hydrogen) atoms. The number of nitrogens with zero attached hydrogens (tertiary/aromatic N) is 1. The summed E-state index contributed by atoms with van der Waals surface area (Å²) >= 11 is 0. The molecule has 2 unspecified atom stereocenters. The van der Waals surface area contributed by atoms with Gasteiger partial charge in [-0.05, 0) is 36.0 Å². The lowest BCUT2D eigenvalue weighted by molar-refractivity contribution is 0.315. The lowest BCUT2D eigenvalue weighted by Crippen LogP contribution is -2.39. The first-order chi connectivity index (χ1) is 12.2. The van der Waals surface area contributed by atoms with Crippen LogP contribution in [0.15, 0.2) is 23.2 Å². The van der Waals surface area contributed by atoms with Crippen LogP contribution in [0.5, 0.6) is 11.5 Å². The van der Waals surface area contributed by atoms with Gasteiger partial charge in [-0.3, -0.25) is 4.99 Å². The van der Waals surface area contributed by atoms with Gasteiger partial charge in [0.2, 0.25) is 0 Å². The number of aliphatic imine (C=N–C) groups is 1. The Bertz CT molecular complexity index is 603. The topological polar surface area (TPSA) is 54.9 Å². The molecule has 2 fully saturated rings. The quantitative estimate of drug-likeness (QED) is 0.373. The van der Waals surface area contributed by atoms with Crippen LogP contribution in [0.2, 0.25) is 0 Å². The fraction of sp³-hybridized carbons (Fsp3) is 0.650. The minimum atomic E-state index is 0. The summed E-state index contributed by atoms with van der Waals surface area (Å²) in [7, 11) is 5.15. The number of methoxy groups -OCH3 is 2. The molecule has 2 saturated carbocycles. The summed E-state index contributed by atoms with van der Waals surface area (Å²) in [5.74, 6) is 4.17. The Labute approximate surface area is 174 Å². The van der Waals surface area contributed by atoms with Crippen molar-refractivity contribution in [3.05, 3.63) is 23.8 Å². The molecule has 3 rings (SSSR count). The van der Waals surface area contributed by atoms with Gasteiger partial charge in [0.25, 0.3) is 0 Å². The number of nitrogens with one attached hydrogen (secondary N) is 2. The molecule has 0 aliphatic heterocycles. The summed E-state index contributed by atoms with van der Waals surface area (Å²) < 4.78 is 10.7. The molecule has 5 nitrogen and oxygen atoms in total. The third kappa shape index (κ3) is 5.41. The summed E-state index contributed by atoms with van der Waals surface area (Å²) in [6, 6.07) is 6.58. The molecule has 0 spiro atoms. The molecule has 0 amide bonds. The molecule has 2 N–H and O–H groups in total. The highest BCUT2D eigenvalue weighted by atomic mass is 127. The van der Waals surface area contributed by atoms with Crippen LogP contribution in [0, 0.1) is 11.8 Å². The van der Waals surface area contributed by atoms with Gasteiger partial charge in [0.05, 0.1) is 14.2 Å². The van der Waals surface area contributed by atoms with Crippen molar-refractivity contribution in [2.45, 2.75) is 51.1 Å². The Morgan fingerprint density at radius 3 is 2.50 bits per heavy atom.